The number of rotatable bonds is 6. The molecule has 1 saturated carbocycles. The molecule has 0 atom stereocenters. The van der Waals surface area contributed by atoms with Crippen molar-refractivity contribution < 1.29 is 14.7 Å². The predicted octanol–water partition coefficient (Wildman–Crippen LogP) is 0.590. The van der Waals surface area contributed by atoms with E-state index in [9.17, 15) is 14.4 Å². The minimum Gasteiger partial charge on any atom is -0.480 e. The number of nitrogens with zero attached hydrogens (tertiary/aromatic N) is 2. The van der Waals surface area contributed by atoms with Crippen LogP contribution in [0.3, 0.4) is 0 Å². The molecule has 132 valence electrons. The number of carboxylic acids is 1. The summed E-state index contributed by atoms with van der Waals surface area (Å²) in [6, 6.07) is 6.97. The molecule has 3 rings (SSSR count). The molecular weight excluding hydrogens is 324 g/mol. The number of carboxylic acid groups (broad SMARTS) is 1. The third kappa shape index (κ3) is 3.53. The fourth-order valence-corrected chi connectivity index (χ4v) is 3.22. The van der Waals surface area contributed by atoms with E-state index in [1.54, 1.807) is 24.3 Å². The van der Waals surface area contributed by atoms with Crippen molar-refractivity contribution in [1.29, 1.82) is 0 Å². The smallest absolute Gasteiger partial charge is 0.317 e. The summed E-state index contributed by atoms with van der Waals surface area (Å²) in [5, 5.41) is 19.0. The van der Waals surface area contributed by atoms with Gasteiger partial charge < -0.3 is 10.4 Å². The van der Waals surface area contributed by atoms with Crippen LogP contribution in [0, 0.1) is 0 Å². The number of carbonyl (C=O) groups is 2. The quantitative estimate of drug-likeness (QED) is 0.706. The van der Waals surface area contributed by atoms with Gasteiger partial charge >= 0.3 is 5.97 Å². The molecule has 0 saturated heterocycles. The lowest BCUT2D eigenvalue weighted by molar-refractivity contribution is -0.139. The largest absolute Gasteiger partial charge is 0.480 e. The van der Waals surface area contributed by atoms with Crippen LogP contribution in [0.1, 0.15) is 30.3 Å². The zero-order valence-corrected chi connectivity index (χ0v) is 13.9. The van der Waals surface area contributed by atoms with Gasteiger partial charge in [0.1, 0.15) is 0 Å². The number of benzene rings is 1. The summed E-state index contributed by atoms with van der Waals surface area (Å²) in [6.45, 7) is 2.59. The van der Waals surface area contributed by atoms with Crippen LogP contribution >= 0.6 is 0 Å². The Kier molecular flexibility index (Phi) is 4.80. The lowest BCUT2D eigenvalue weighted by Crippen LogP contribution is -2.54. The summed E-state index contributed by atoms with van der Waals surface area (Å²) < 4.78 is 0. The van der Waals surface area contributed by atoms with Gasteiger partial charge in [-0.1, -0.05) is 25.1 Å². The number of likely N-dealkylation sites (N-methyl/N-ethyl adjacent to an activating group) is 1. The molecule has 1 heterocycles. The topological polar surface area (TPSA) is 115 Å². The fraction of sp³-hybridized carbons (Fsp3) is 0.412. The third-order valence-electron chi connectivity index (χ3n) is 4.62. The highest BCUT2D eigenvalue weighted by atomic mass is 16.4. The van der Waals surface area contributed by atoms with Gasteiger partial charge in [0.25, 0.3) is 11.5 Å². The fourth-order valence-electron chi connectivity index (χ4n) is 3.22. The predicted molar refractivity (Wildman–Crippen MR) is 91.5 cm³/mol. The highest BCUT2D eigenvalue weighted by Gasteiger charge is 2.35. The van der Waals surface area contributed by atoms with Crippen molar-refractivity contribution in [1.82, 2.24) is 20.4 Å². The molecule has 0 unspecified atom stereocenters. The number of aromatic nitrogens is 2. The van der Waals surface area contributed by atoms with E-state index in [2.05, 4.69) is 15.5 Å². The van der Waals surface area contributed by atoms with Crippen molar-refractivity contribution in [3.8, 4) is 0 Å². The van der Waals surface area contributed by atoms with Gasteiger partial charge in [-0.2, -0.15) is 5.10 Å². The molecule has 1 amide bonds. The van der Waals surface area contributed by atoms with Crippen LogP contribution in [0.15, 0.2) is 29.1 Å². The Hall–Kier alpha value is -2.74. The highest BCUT2D eigenvalue weighted by Crippen LogP contribution is 2.26. The lowest BCUT2D eigenvalue weighted by atomic mass is 9.85. The van der Waals surface area contributed by atoms with E-state index < -0.39 is 5.97 Å². The van der Waals surface area contributed by atoms with E-state index in [0.29, 0.717) is 30.2 Å². The number of H-pyrrole nitrogens is 1. The molecule has 1 aliphatic carbocycles. The standard InChI is InChI=1S/C17H20N4O4/c1-2-21(9-14(22)23)11-7-10(8-11)18-17(25)15-12-5-3-4-6-13(12)16(24)20-19-15/h3-6,10-11H,2,7-9H2,1H3,(H,18,25)(H,20,24)(H,22,23). The molecule has 1 aliphatic rings. The molecule has 3 N–H and O–H groups in total. The summed E-state index contributed by atoms with van der Waals surface area (Å²) in [5.74, 6) is -1.18. The Morgan fingerprint density at radius 2 is 2.00 bits per heavy atom. The van der Waals surface area contributed by atoms with Crippen molar-refractivity contribution >= 4 is 22.6 Å². The second-order valence-electron chi connectivity index (χ2n) is 6.20. The first-order chi connectivity index (χ1) is 12.0. The summed E-state index contributed by atoms with van der Waals surface area (Å²) >= 11 is 0. The first-order valence-electron chi connectivity index (χ1n) is 8.23. The van der Waals surface area contributed by atoms with E-state index in [1.807, 2.05) is 11.8 Å². The second kappa shape index (κ2) is 7.02. The number of carbonyl (C=O) groups excluding carboxylic acids is 1. The Balaban J connectivity index is 1.66. The van der Waals surface area contributed by atoms with Gasteiger partial charge in [-0.3, -0.25) is 19.3 Å². The average molecular weight is 344 g/mol. The molecule has 2 aromatic rings. The number of fused-ring (bicyclic) bond motifs is 1. The minimum absolute atomic E-state index is 0.00789. The summed E-state index contributed by atoms with van der Waals surface area (Å²) in [4.78, 5) is 37.0. The maximum absolute atomic E-state index is 12.5. The zero-order valence-electron chi connectivity index (χ0n) is 13.9. The minimum atomic E-state index is -0.849. The molecule has 1 aromatic heterocycles. The average Bonchev–Trinajstić information content (AvgIpc) is 2.56. The summed E-state index contributed by atoms with van der Waals surface area (Å²) in [5.41, 5.74) is -0.139. The van der Waals surface area contributed by atoms with Crippen molar-refractivity contribution in [2.24, 2.45) is 0 Å². The van der Waals surface area contributed by atoms with Crippen molar-refractivity contribution in [3.63, 3.8) is 0 Å². The maximum Gasteiger partial charge on any atom is 0.317 e. The van der Waals surface area contributed by atoms with E-state index in [1.165, 1.54) is 0 Å². The number of hydrogen-bond acceptors (Lipinski definition) is 5. The molecule has 25 heavy (non-hydrogen) atoms. The number of hydrogen-bond donors (Lipinski definition) is 3. The van der Waals surface area contributed by atoms with Gasteiger partial charge in [-0.05, 0) is 25.5 Å². The van der Waals surface area contributed by atoms with Crippen molar-refractivity contribution in [3.05, 3.63) is 40.3 Å². The molecule has 0 bridgehead atoms. The van der Waals surface area contributed by atoms with Gasteiger partial charge in [0, 0.05) is 17.5 Å². The van der Waals surface area contributed by atoms with Crippen LogP contribution in [0.2, 0.25) is 0 Å². The first kappa shape index (κ1) is 17.1. The number of aromatic amines is 1. The molecule has 8 nitrogen and oxygen atoms in total. The summed E-state index contributed by atoms with van der Waals surface area (Å²) in [6.07, 6.45) is 1.41. The van der Waals surface area contributed by atoms with Gasteiger partial charge in [0.05, 0.1) is 11.9 Å². The van der Waals surface area contributed by atoms with Crippen LogP contribution in [-0.4, -0.2) is 57.3 Å². The van der Waals surface area contributed by atoms with E-state index in [4.69, 9.17) is 5.11 Å². The number of aliphatic carboxylic acids is 1. The number of amides is 1. The van der Waals surface area contributed by atoms with Gasteiger partial charge in [-0.25, -0.2) is 5.10 Å². The molecular formula is C17H20N4O4. The SMILES string of the molecule is CCN(CC(=O)O)C1CC(NC(=O)c2n[nH]c(=O)c3ccccc23)C1. The summed E-state index contributed by atoms with van der Waals surface area (Å²) in [7, 11) is 0. The second-order valence-corrected chi connectivity index (χ2v) is 6.20. The molecule has 8 heteroatoms. The molecule has 0 spiro atoms. The van der Waals surface area contributed by atoms with Gasteiger partial charge in [0.15, 0.2) is 5.69 Å². The Labute approximate surface area is 143 Å². The Bertz CT molecular complexity index is 857. The highest BCUT2D eigenvalue weighted by molar-refractivity contribution is 6.04. The van der Waals surface area contributed by atoms with Gasteiger partial charge in [-0.15, -0.1) is 0 Å². The van der Waals surface area contributed by atoms with Crippen LogP contribution in [0.4, 0.5) is 0 Å². The molecule has 0 radical (unpaired) electrons. The zero-order chi connectivity index (χ0) is 18.0. The number of nitrogens with one attached hydrogen (secondary N) is 2. The monoisotopic (exact) mass is 344 g/mol. The van der Waals surface area contributed by atoms with Crippen molar-refractivity contribution in [2.75, 3.05) is 13.1 Å². The Morgan fingerprint density at radius 1 is 1.32 bits per heavy atom. The van der Waals surface area contributed by atoms with Crippen LogP contribution in [0.5, 0.6) is 0 Å². The maximum atomic E-state index is 12.5. The van der Waals surface area contributed by atoms with Crippen LogP contribution < -0.4 is 10.9 Å². The third-order valence-corrected chi connectivity index (χ3v) is 4.62. The normalized spacial score (nSPS) is 19.6. The van der Waals surface area contributed by atoms with E-state index in [0.717, 1.165) is 0 Å². The lowest BCUT2D eigenvalue weighted by Gasteiger charge is -2.42. The molecule has 1 fully saturated rings. The Morgan fingerprint density at radius 3 is 2.64 bits per heavy atom. The van der Waals surface area contributed by atoms with Crippen molar-refractivity contribution in [2.45, 2.75) is 31.8 Å². The van der Waals surface area contributed by atoms with Gasteiger partial charge in [0.2, 0.25) is 0 Å². The molecule has 1 aromatic carbocycles. The van der Waals surface area contributed by atoms with Crippen LogP contribution in [-0.2, 0) is 4.79 Å². The molecule has 0 aliphatic heterocycles. The van der Waals surface area contributed by atoms with Crippen LogP contribution in [0.25, 0.3) is 10.8 Å². The first-order valence-corrected chi connectivity index (χ1v) is 8.23. The van der Waals surface area contributed by atoms with E-state index in [-0.39, 0.29) is 35.8 Å². The van der Waals surface area contributed by atoms with E-state index >= 15 is 0 Å².